The van der Waals surface area contributed by atoms with Crippen molar-refractivity contribution in [2.45, 2.75) is 20.0 Å². The Kier molecular flexibility index (Phi) is 3.06. The van der Waals surface area contributed by atoms with E-state index in [-0.39, 0.29) is 12.2 Å². The topological polar surface area (TPSA) is 29.5 Å². The summed E-state index contributed by atoms with van der Waals surface area (Å²) in [4.78, 5) is 12.1. The third-order valence-corrected chi connectivity index (χ3v) is 0.702. The normalized spacial score (nSPS) is 9.44. The standard InChI is InChI=1S/C6H13NO2/c1-5(2)9-6(8)7(3)4/h5H,1-4H3. The van der Waals surface area contributed by atoms with Gasteiger partial charge in [-0.05, 0) is 13.8 Å². The van der Waals surface area contributed by atoms with Crippen LogP contribution in [0.25, 0.3) is 0 Å². The van der Waals surface area contributed by atoms with Crippen LogP contribution < -0.4 is 0 Å². The van der Waals surface area contributed by atoms with Gasteiger partial charge in [0.2, 0.25) is 0 Å². The summed E-state index contributed by atoms with van der Waals surface area (Å²) in [7, 11) is 3.31. The van der Waals surface area contributed by atoms with Gasteiger partial charge in [0.1, 0.15) is 0 Å². The molecule has 0 N–H and O–H groups in total. The molecule has 0 unspecified atom stereocenters. The lowest BCUT2D eigenvalue weighted by atomic mass is 10.5. The van der Waals surface area contributed by atoms with E-state index in [0.717, 1.165) is 0 Å². The van der Waals surface area contributed by atoms with Crippen molar-refractivity contribution in [1.29, 1.82) is 0 Å². The molecule has 0 aromatic carbocycles. The van der Waals surface area contributed by atoms with Gasteiger partial charge >= 0.3 is 6.09 Å². The largest absolute Gasteiger partial charge is 0.447 e. The van der Waals surface area contributed by atoms with Gasteiger partial charge < -0.3 is 9.64 Å². The Bertz CT molecular complexity index is 99.2. The Morgan fingerprint density at radius 2 is 1.89 bits per heavy atom. The van der Waals surface area contributed by atoms with Crippen LogP contribution in [0.2, 0.25) is 0 Å². The van der Waals surface area contributed by atoms with Crippen LogP contribution in [0, 0.1) is 0 Å². The second kappa shape index (κ2) is 3.33. The molecule has 3 heteroatoms. The smallest absolute Gasteiger partial charge is 0.409 e. The third kappa shape index (κ3) is 3.82. The van der Waals surface area contributed by atoms with E-state index in [1.54, 1.807) is 14.1 Å². The highest BCUT2D eigenvalue weighted by atomic mass is 16.6. The molecule has 0 spiro atoms. The molecule has 0 saturated carbocycles. The van der Waals surface area contributed by atoms with Gasteiger partial charge in [-0.25, -0.2) is 4.79 Å². The van der Waals surface area contributed by atoms with Crippen molar-refractivity contribution in [3.8, 4) is 0 Å². The quantitative estimate of drug-likeness (QED) is 0.533. The summed E-state index contributed by atoms with van der Waals surface area (Å²) in [5, 5.41) is 0. The Morgan fingerprint density at radius 1 is 1.44 bits per heavy atom. The third-order valence-electron chi connectivity index (χ3n) is 0.702. The van der Waals surface area contributed by atoms with Gasteiger partial charge in [-0.2, -0.15) is 0 Å². The van der Waals surface area contributed by atoms with Crippen LogP contribution in [0.1, 0.15) is 13.8 Å². The molecule has 0 aliphatic carbocycles. The number of carbonyl (C=O) groups excluding carboxylic acids is 1. The predicted molar refractivity (Wildman–Crippen MR) is 35.3 cm³/mol. The number of carbonyl (C=O) groups is 1. The highest BCUT2D eigenvalue weighted by Crippen LogP contribution is 1.91. The average molecular weight is 131 g/mol. The Morgan fingerprint density at radius 3 is 2.00 bits per heavy atom. The summed E-state index contributed by atoms with van der Waals surface area (Å²) in [5.74, 6) is 0. The van der Waals surface area contributed by atoms with Crippen LogP contribution in [0.4, 0.5) is 4.79 Å². The van der Waals surface area contributed by atoms with Gasteiger partial charge in [-0.15, -0.1) is 0 Å². The summed E-state index contributed by atoms with van der Waals surface area (Å²) >= 11 is 0. The maximum atomic E-state index is 10.7. The van der Waals surface area contributed by atoms with Crippen LogP contribution in [0.15, 0.2) is 0 Å². The second-order valence-corrected chi connectivity index (χ2v) is 2.33. The lowest BCUT2D eigenvalue weighted by Crippen LogP contribution is -2.25. The number of rotatable bonds is 1. The zero-order valence-corrected chi connectivity index (χ0v) is 6.34. The summed E-state index contributed by atoms with van der Waals surface area (Å²) in [6.45, 7) is 3.64. The summed E-state index contributed by atoms with van der Waals surface area (Å²) in [5.41, 5.74) is 0. The van der Waals surface area contributed by atoms with Gasteiger partial charge in [0.15, 0.2) is 0 Å². The van der Waals surface area contributed by atoms with Gasteiger partial charge in [0.25, 0.3) is 0 Å². The molecule has 3 nitrogen and oxygen atoms in total. The van der Waals surface area contributed by atoms with Crippen molar-refractivity contribution < 1.29 is 9.53 Å². The minimum absolute atomic E-state index is 0.0279. The van der Waals surface area contributed by atoms with Gasteiger partial charge in [-0.3, -0.25) is 0 Å². The van der Waals surface area contributed by atoms with E-state index in [0.29, 0.717) is 0 Å². The van der Waals surface area contributed by atoms with E-state index in [4.69, 9.17) is 4.74 Å². The lowest BCUT2D eigenvalue weighted by molar-refractivity contribution is 0.0904. The lowest BCUT2D eigenvalue weighted by Gasteiger charge is -2.12. The van der Waals surface area contributed by atoms with E-state index in [1.807, 2.05) is 13.8 Å². The zero-order chi connectivity index (χ0) is 7.44. The molecular formula is C6H13NO2. The molecule has 0 bridgehead atoms. The molecule has 0 aliphatic heterocycles. The van der Waals surface area contributed by atoms with Crippen molar-refractivity contribution in [2.24, 2.45) is 0 Å². The summed E-state index contributed by atoms with van der Waals surface area (Å²) in [6.07, 6.45) is -0.315. The molecule has 0 saturated heterocycles. The number of nitrogens with zero attached hydrogens (tertiary/aromatic N) is 1. The Balaban J connectivity index is 3.51. The van der Waals surface area contributed by atoms with E-state index in [2.05, 4.69) is 0 Å². The molecule has 0 aromatic heterocycles. The van der Waals surface area contributed by atoms with E-state index in [9.17, 15) is 4.79 Å². The Labute approximate surface area is 55.6 Å². The minimum Gasteiger partial charge on any atom is -0.447 e. The first kappa shape index (κ1) is 8.27. The van der Waals surface area contributed by atoms with Gasteiger partial charge in [-0.1, -0.05) is 0 Å². The fourth-order valence-electron chi connectivity index (χ4n) is 0.307. The molecule has 0 heterocycles. The minimum atomic E-state index is -0.287. The molecule has 0 aliphatic rings. The van der Waals surface area contributed by atoms with Crippen LogP contribution in [0.3, 0.4) is 0 Å². The molecule has 0 atom stereocenters. The van der Waals surface area contributed by atoms with E-state index >= 15 is 0 Å². The molecule has 0 rings (SSSR count). The molecular weight excluding hydrogens is 118 g/mol. The number of hydrogen-bond donors (Lipinski definition) is 0. The van der Waals surface area contributed by atoms with Gasteiger partial charge in [0, 0.05) is 14.1 Å². The molecule has 54 valence electrons. The van der Waals surface area contributed by atoms with E-state index in [1.165, 1.54) is 4.90 Å². The van der Waals surface area contributed by atoms with Crippen LogP contribution in [-0.4, -0.2) is 31.2 Å². The first-order chi connectivity index (χ1) is 4.04. The Hall–Kier alpha value is -0.730. The first-order valence-electron chi connectivity index (χ1n) is 2.92. The van der Waals surface area contributed by atoms with E-state index < -0.39 is 0 Å². The van der Waals surface area contributed by atoms with Crippen LogP contribution in [-0.2, 0) is 4.74 Å². The summed E-state index contributed by atoms with van der Waals surface area (Å²) < 4.78 is 4.80. The molecule has 0 fully saturated rings. The van der Waals surface area contributed by atoms with Crippen molar-refractivity contribution in [3.63, 3.8) is 0 Å². The first-order valence-corrected chi connectivity index (χ1v) is 2.92. The van der Waals surface area contributed by atoms with Crippen molar-refractivity contribution >= 4 is 6.09 Å². The van der Waals surface area contributed by atoms with Crippen molar-refractivity contribution in [3.05, 3.63) is 0 Å². The maximum absolute atomic E-state index is 10.7. The maximum Gasteiger partial charge on any atom is 0.409 e. The SMILES string of the molecule is CC(C)OC(=O)N(C)C. The molecule has 9 heavy (non-hydrogen) atoms. The molecule has 1 amide bonds. The van der Waals surface area contributed by atoms with Crippen molar-refractivity contribution in [1.82, 2.24) is 4.90 Å². The van der Waals surface area contributed by atoms with Gasteiger partial charge in [0.05, 0.1) is 6.10 Å². The predicted octanol–water partition coefficient (Wildman–Crippen LogP) is 1.09. The van der Waals surface area contributed by atoms with Crippen molar-refractivity contribution in [2.75, 3.05) is 14.1 Å². The van der Waals surface area contributed by atoms with Crippen LogP contribution in [0.5, 0.6) is 0 Å². The fourth-order valence-corrected chi connectivity index (χ4v) is 0.307. The second-order valence-electron chi connectivity index (χ2n) is 2.33. The fraction of sp³-hybridized carbons (Fsp3) is 0.833. The average Bonchev–Trinajstić information content (AvgIpc) is 1.63. The molecule has 0 radical (unpaired) electrons. The van der Waals surface area contributed by atoms with Crippen LogP contribution >= 0.6 is 0 Å². The highest BCUT2D eigenvalue weighted by Gasteiger charge is 2.05. The monoisotopic (exact) mass is 131 g/mol. The zero-order valence-electron chi connectivity index (χ0n) is 6.34. The highest BCUT2D eigenvalue weighted by molar-refractivity contribution is 5.66. The number of hydrogen-bond acceptors (Lipinski definition) is 2. The molecule has 0 aromatic rings. The summed E-state index contributed by atoms with van der Waals surface area (Å²) in [6, 6.07) is 0. The number of ether oxygens (including phenoxy) is 1. The number of amides is 1.